The van der Waals surface area contributed by atoms with E-state index in [0.29, 0.717) is 23.1 Å². The van der Waals surface area contributed by atoms with Crippen molar-refractivity contribution in [1.82, 2.24) is 4.98 Å². The number of fused-ring (bicyclic) bond motifs is 3. The molecule has 0 amide bonds. The first-order chi connectivity index (χ1) is 8.56. The monoisotopic (exact) mass is 249 g/mol. The predicted octanol–water partition coefficient (Wildman–Crippen LogP) is 1.99. The van der Waals surface area contributed by atoms with E-state index in [1.54, 1.807) is 6.07 Å². The highest BCUT2D eigenvalue weighted by Gasteiger charge is 2.32. The lowest BCUT2D eigenvalue weighted by Gasteiger charge is -2.23. The number of rotatable bonds is 1. The largest absolute Gasteiger partial charge is 0.481 e. The Morgan fingerprint density at radius 1 is 1.44 bits per heavy atom. The van der Waals surface area contributed by atoms with E-state index in [1.165, 1.54) is 12.1 Å². The zero-order valence-electron chi connectivity index (χ0n) is 9.48. The van der Waals surface area contributed by atoms with Gasteiger partial charge in [0.2, 0.25) is 0 Å². The van der Waals surface area contributed by atoms with Crippen LogP contribution in [0.25, 0.3) is 10.9 Å². The minimum absolute atomic E-state index is 0.172. The molecule has 0 aliphatic heterocycles. The Hall–Kier alpha value is -1.88. The van der Waals surface area contributed by atoms with Gasteiger partial charge in [0.05, 0.1) is 12.0 Å². The van der Waals surface area contributed by atoms with Crippen LogP contribution in [0.3, 0.4) is 0 Å². The van der Waals surface area contributed by atoms with Crippen LogP contribution in [0.2, 0.25) is 0 Å². The number of hydrogen-bond acceptors (Lipinski definition) is 2. The van der Waals surface area contributed by atoms with E-state index in [9.17, 15) is 14.3 Å². The van der Waals surface area contributed by atoms with Crippen molar-refractivity contribution in [3.05, 3.63) is 35.3 Å². The van der Waals surface area contributed by atoms with E-state index in [2.05, 4.69) is 4.98 Å². The van der Waals surface area contributed by atoms with Gasteiger partial charge in [-0.25, -0.2) is 4.39 Å². The maximum absolute atomic E-state index is 13.2. The maximum atomic E-state index is 13.2. The van der Waals surface area contributed by atoms with E-state index in [0.717, 1.165) is 5.52 Å². The number of carbonyl (C=O) groups is 1. The average Bonchev–Trinajstić information content (AvgIpc) is 2.66. The Labute approximate surface area is 102 Å². The van der Waals surface area contributed by atoms with Crippen molar-refractivity contribution in [2.24, 2.45) is 5.92 Å². The van der Waals surface area contributed by atoms with Crippen molar-refractivity contribution in [1.29, 1.82) is 0 Å². The van der Waals surface area contributed by atoms with Crippen LogP contribution in [-0.2, 0) is 11.2 Å². The molecular formula is C13H12FNO3. The summed E-state index contributed by atoms with van der Waals surface area (Å²) in [5.74, 6) is -1.87. The van der Waals surface area contributed by atoms with Crippen LogP contribution in [0.1, 0.15) is 23.8 Å². The number of carboxylic acids is 1. The molecular weight excluding hydrogens is 237 g/mol. The van der Waals surface area contributed by atoms with Gasteiger partial charge in [0.25, 0.3) is 0 Å². The number of benzene rings is 1. The summed E-state index contributed by atoms with van der Waals surface area (Å²) in [5, 5.41) is 19.7. The molecule has 0 saturated carbocycles. The van der Waals surface area contributed by atoms with E-state index < -0.39 is 18.0 Å². The Morgan fingerprint density at radius 2 is 2.22 bits per heavy atom. The summed E-state index contributed by atoms with van der Waals surface area (Å²) < 4.78 is 13.2. The summed E-state index contributed by atoms with van der Waals surface area (Å²) in [4.78, 5) is 14.1. The number of aliphatic carboxylic acids is 1. The molecule has 0 radical (unpaired) electrons. The molecule has 1 aliphatic carbocycles. The lowest BCUT2D eigenvalue weighted by Crippen LogP contribution is -2.24. The molecule has 0 bridgehead atoms. The molecule has 3 N–H and O–H groups in total. The highest BCUT2D eigenvalue weighted by molar-refractivity contribution is 5.86. The smallest absolute Gasteiger partial charge is 0.306 e. The molecule has 0 saturated heterocycles. The minimum Gasteiger partial charge on any atom is -0.481 e. The maximum Gasteiger partial charge on any atom is 0.306 e. The second kappa shape index (κ2) is 3.81. The summed E-state index contributed by atoms with van der Waals surface area (Å²) in [5.41, 5.74) is 2.07. The molecule has 1 heterocycles. The second-order valence-corrected chi connectivity index (χ2v) is 4.70. The first-order valence-corrected chi connectivity index (χ1v) is 5.77. The number of hydrogen-bond donors (Lipinski definition) is 3. The van der Waals surface area contributed by atoms with E-state index in [1.807, 2.05) is 0 Å². The molecule has 18 heavy (non-hydrogen) atoms. The number of aromatic nitrogens is 1. The first-order valence-electron chi connectivity index (χ1n) is 5.77. The summed E-state index contributed by atoms with van der Waals surface area (Å²) >= 11 is 0. The Morgan fingerprint density at radius 3 is 2.94 bits per heavy atom. The van der Waals surface area contributed by atoms with Gasteiger partial charge in [0.1, 0.15) is 5.82 Å². The molecule has 0 fully saturated rings. The van der Waals surface area contributed by atoms with Gasteiger partial charge in [-0.2, -0.15) is 0 Å². The zero-order valence-corrected chi connectivity index (χ0v) is 9.48. The van der Waals surface area contributed by atoms with Crippen LogP contribution in [0.15, 0.2) is 18.2 Å². The van der Waals surface area contributed by atoms with Gasteiger partial charge in [-0.05, 0) is 24.6 Å². The van der Waals surface area contributed by atoms with E-state index in [-0.39, 0.29) is 12.2 Å². The number of aromatic amines is 1. The van der Waals surface area contributed by atoms with Gasteiger partial charge in [-0.1, -0.05) is 0 Å². The molecule has 1 aromatic heterocycles. The Kier molecular flexibility index (Phi) is 2.38. The van der Waals surface area contributed by atoms with Gasteiger partial charge < -0.3 is 15.2 Å². The molecule has 2 atom stereocenters. The molecule has 94 valence electrons. The number of aliphatic hydroxyl groups excluding tert-OH is 1. The van der Waals surface area contributed by atoms with Crippen LogP contribution >= 0.6 is 0 Å². The van der Waals surface area contributed by atoms with Gasteiger partial charge >= 0.3 is 5.97 Å². The minimum atomic E-state index is -0.912. The number of carboxylic acid groups (broad SMARTS) is 1. The predicted molar refractivity (Wildman–Crippen MR) is 62.7 cm³/mol. The van der Waals surface area contributed by atoms with Crippen molar-refractivity contribution < 1.29 is 19.4 Å². The number of H-pyrrole nitrogens is 1. The van der Waals surface area contributed by atoms with Crippen molar-refractivity contribution >= 4 is 16.9 Å². The van der Waals surface area contributed by atoms with Gasteiger partial charge in [-0.15, -0.1) is 0 Å². The third kappa shape index (κ3) is 1.59. The fourth-order valence-electron chi connectivity index (χ4n) is 2.69. The van der Waals surface area contributed by atoms with E-state index >= 15 is 0 Å². The molecule has 1 aliphatic rings. The third-order valence-corrected chi connectivity index (χ3v) is 3.52. The average molecular weight is 249 g/mol. The van der Waals surface area contributed by atoms with Crippen LogP contribution in [-0.4, -0.2) is 21.2 Å². The lowest BCUT2D eigenvalue weighted by molar-refractivity contribution is -0.143. The van der Waals surface area contributed by atoms with Crippen LogP contribution in [0.4, 0.5) is 4.39 Å². The molecule has 0 spiro atoms. The SMILES string of the molecule is O=C(O)C1Cc2[nH]c3ccc(F)cc3c2C(O)C1. The standard InChI is InChI=1S/C13H12FNO3/c14-7-1-2-9-8(5-7)12-10(15-9)3-6(13(17)18)4-11(12)16/h1-2,5-6,11,15-16H,3-4H2,(H,17,18). The normalized spacial score (nSPS) is 23.0. The number of halogens is 1. The summed E-state index contributed by atoms with van der Waals surface area (Å²) in [6.07, 6.45) is -0.338. The highest BCUT2D eigenvalue weighted by Crippen LogP contribution is 2.38. The Balaban J connectivity index is 2.16. The van der Waals surface area contributed by atoms with Crippen molar-refractivity contribution in [3.63, 3.8) is 0 Å². The third-order valence-electron chi connectivity index (χ3n) is 3.52. The van der Waals surface area contributed by atoms with Crippen LogP contribution in [0.5, 0.6) is 0 Å². The van der Waals surface area contributed by atoms with Gasteiger partial charge in [0, 0.05) is 28.6 Å². The van der Waals surface area contributed by atoms with Crippen molar-refractivity contribution in [2.75, 3.05) is 0 Å². The molecule has 2 unspecified atom stereocenters. The fraction of sp³-hybridized carbons (Fsp3) is 0.308. The highest BCUT2D eigenvalue weighted by atomic mass is 19.1. The van der Waals surface area contributed by atoms with Crippen molar-refractivity contribution in [2.45, 2.75) is 18.9 Å². The van der Waals surface area contributed by atoms with Crippen molar-refractivity contribution in [3.8, 4) is 0 Å². The molecule has 3 rings (SSSR count). The van der Waals surface area contributed by atoms with Crippen LogP contribution < -0.4 is 0 Å². The molecule has 4 nitrogen and oxygen atoms in total. The fourth-order valence-corrected chi connectivity index (χ4v) is 2.69. The Bertz CT molecular complexity index is 634. The van der Waals surface area contributed by atoms with Gasteiger partial charge in [0.15, 0.2) is 0 Å². The van der Waals surface area contributed by atoms with Crippen LogP contribution in [0, 0.1) is 11.7 Å². The topological polar surface area (TPSA) is 73.3 Å². The zero-order chi connectivity index (χ0) is 12.9. The summed E-state index contributed by atoms with van der Waals surface area (Å²) in [7, 11) is 0. The lowest BCUT2D eigenvalue weighted by atomic mass is 9.85. The van der Waals surface area contributed by atoms with E-state index in [4.69, 9.17) is 5.11 Å². The molecule has 1 aromatic carbocycles. The van der Waals surface area contributed by atoms with Gasteiger partial charge in [-0.3, -0.25) is 4.79 Å². The summed E-state index contributed by atoms with van der Waals surface area (Å²) in [6.45, 7) is 0. The molecule has 2 aromatic rings. The molecule has 5 heteroatoms. The summed E-state index contributed by atoms with van der Waals surface area (Å²) in [6, 6.07) is 4.31. The first kappa shape index (κ1) is 11.2. The second-order valence-electron chi connectivity index (χ2n) is 4.70. The quantitative estimate of drug-likeness (QED) is 0.723. The number of nitrogens with one attached hydrogen (secondary N) is 1. The number of aliphatic hydroxyl groups is 1.